The van der Waals surface area contributed by atoms with Crippen LogP contribution >= 0.6 is 11.3 Å². The first kappa shape index (κ1) is 15.1. The van der Waals surface area contributed by atoms with Crippen molar-refractivity contribution in [2.45, 2.75) is 38.3 Å². The lowest BCUT2D eigenvalue weighted by Crippen LogP contribution is -2.40. The van der Waals surface area contributed by atoms with Crippen molar-refractivity contribution in [2.75, 3.05) is 6.54 Å². The van der Waals surface area contributed by atoms with Crippen molar-refractivity contribution in [3.05, 3.63) is 58.3 Å². The molecule has 3 unspecified atom stereocenters. The summed E-state index contributed by atoms with van der Waals surface area (Å²) >= 11 is 1.78. The Morgan fingerprint density at radius 2 is 2.09 bits per heavy atom. The largest absolute Gasteiger partial charge is 0.353 e. The van der Waals surface area contributed by atoms with E-state index in [1.165, 1.54) is 16.9 Å². The summed E-state index contributed by atoms with van der Waals surface area (Å²) in [7, 11) is 0. The summed E-state index contributed by atoms with van der Waals surface area (Å²) in [5.41, 5.74) is 1.42. The number of guanidine groups is 1. The van der Waals surface area contributed by atoms with E-state index in [4.69, 9.17) is 0 Å². The molecule has 2 aromatic rings. The van der Waals surface area contributed by atoms with Gasteiger partial charge < -0.3 is 10.6 Å². The summed E-state index contributed by atoms with van der Waals surface area (Å²) in [4.78, 5) is 5.92. The molecule has 1 fully saturated rings. The SMILES string of the molecule is CCN=C(NC(C)c1cccs1)NC1CC1c1ccccc1. The molecule has 0 spiro atoms. The predicted molar refractivity (Wildman–Crippen MR) is 94.6 cm³/mol. The van der Waals surface area contributed by atoms with Crippen molar-refractivity contribution in [3.8, 4) is 0 Å². The van der Waals surface area contributed by atoms with Gasteiger partial charge in [-0.2, -0.15) is 0 Å². The molecule has 3 rings (SSSR count). The lowest BCUT2D eigenvalue weighted by atomic mass is 10.1. The maximum Gasteiger partial charge on any atom is 0.191 e. The van der Waals surface area contributed by atoms with Crippen molar-refractivity contribution < 1.29 is 0 Å². The molecule has 1 heterocycles. The molecule has 1 saturated carbocycles. The first-order valence-electron chi connectivity index (χ1n) is 7.93. The Bertz CT molecular complexity index is 607. The molecule has 0 bridgehead atoms. The molecule has 116 valence electrons. The Kier molecular flexibility index (Phi) is 4.78. The van der Waals surface area contributed by atoms with Gasteiger partial charge in [-0.3, -0.25) is 4.99 Å². The van der Waals surface area contributed by atoms with Gasteiger partial charge >= 0.3 is 0 Å². The van der Waals surface area contributed by atoms with Crippen LogP contribution < -0.4 is 10.6 Å². The summed E-state index contributed by atoms with van der Waals surface area (Å²) < 4.78 is 0. The van der Waals surface area contributed by atoms with Crippen LogP contribution in [0.25, 0.3) is 0 Å². The fourth-order valence-electron chi connectivity index (χ4n) is 2.70. The lowest BCUT2D eigenvalue weighted by Gasteiger charge is -2.17. The van der Waals surface area contributed by atoms with E-state index in [-0.39, 0.29) is 6.04 Å². The van der Waals surface area contributed by atoms with Crippen molar-refractivity contribution in [1.29, 1.82) is 0 Å². The number of aliphatic imine (C=N–C) groups is 1. The zero-order valence-electron chi connectivity index (χ0n) is 13.1. The maximum absolute atomic E-state index is 4.58. The fraction of sp³-hybridized carbons (Fsp3) is 0.389. The van der Waals surface area contributed by atoms with Gasteiger partial charge in [-0.1, -0.05) is 36.4 Å². The highest BCUT2D eigenvalue weighted by Gasteiger charge is 2.39. The number of benzene rings is 1. The lowest BCUT2D eigenvalue weighted by molar-refractivity contribution is 0.689. The van der Waals surface area contributed by atoms with Gasteiger partial charge in [0.2, 0.25) is 0 Å². The van der Waals surface area contributed by atoms with Crippen LogP contribution in [0.1, 0.15) is 42.7 Å². The Morgan fingerprint density at radius 3 is 2.77 bits per heavy atom. The van der Waals surface area contributed by atoms with Crippen LogP contribution in [0.3, 0.4) is 0 Å². The number of hydrogen-bond donors (Lipinski definition) is 2. The zero-order chi connectivity index (χ0) is 15.4. The van der Waals surface area contributed by atoms with E-state index in [2.05, 4.69) is 77.3 Å². The van der Waals surface area contributed by atoms with E-state index >= 15 is 0 Å². The fourth-order valence-corrected chi connectivity index (χ4v) is 3.44. The Morgan fingerprint density at radius 1 is 1.27 bits per heavy atom. The van der Waals surface area contributed by atoms with Crippen molar-refractivity contribution >= 4 is 17.3 Å². The van der Waals surface area contributed by atoms with Gasteiger partial charge in [-0.15, -0.1) is 11.3 Å². The minimum Gasteiger partial charge on any atom is -0.353 e. The number of thiophene rings is 1. The molecule has 0 aliphatic heterocycles. The second-order valence-corrected chi connectivity index (χ2v) is 6.69. The topological polar surface area (TPSA) is 36.4 Å². The summed E-state index contributed by atoms with van der Waals surface area (Å²) in [5, 5.41) is 9.20. The van der Waals surface area contributed by atoms with E-state index in [1.807, 2.05) is 0 Å². The molecular formula is C18H23N3S. The van der Waals surface area contributed by atoms with Gasteiger partial charge in [0.1, 0.15) is 0 Å². The molecule has 1 aliphatic carbocycles. The Hall–Kier alpha value is -1.81. The molecule has 0 radical (unpaired) electrons. The molecule has 4 heteroatoms. The first-order valence-corrected chi connectivity index (χ1v) is 8.81. The van der Waals surface area contributed by atoms with Crippen molar-refractivity contribution in [2.24, 2.45) is 4.99 Å². The Labute approximate surface area is 136 Å². The van der Waals surface area contributed by atoms with Gasteiger partial charge in [-0.25, -0.2) is 0 Å². The van der Waals surface area contributed by atoms with Crippen LogP contribution in [0.15, 0.2) is 52.8 Å². The maximum atomic E-state index is 4.58. The highest BCUT2D eigenvalue weighted by atomic mass is 32.1. The average Bonchev–Trinajstić information content (AvgIpc) is 3.08. The highest BCUT2D eigenvalue weighted by molar-refractivity contribution is 7.10. The van der Waals surface area contributed by atoms with Gasteiger partial charge in [0.05, 0.1) is 6.04 Å². The average molecular weight is 313 g/mol. The third kappa shape index (κ3) is 3.69. The third-order valence-electron chi connectivity index (χ3n) is 3.98. The normalized spacial score (nSPS) is 22.2. The van der Waals surface area contributed by atoms with Crippen LogP contribution in [0.5, 0.6) is 0 Å². The number of hydrogen-bond acceptors (Lipinski definition) is 2. The molecule has 22 heavy (non-hydrogen) atoms. The molecule has 3 nitrogen and oxygen atoms in total. The molecule has 1 aromatic carbocycles. The number of rotatable bonds is 5. The summed E-state index contributed by atoms with van der Waals surface area (Å²) in [6.07, 6.45) is 1.18. The third-order valence-corrected chi connectivity index (χ3v) is 5.03. The van der Waals surface area contributed by atoms with Gasteiger partial charge in [0.15, 0.2) is 5.96 Å². The molecule has 2 N–H and O–H groups in total. The number of nitrogens with one attached hydrogen (secondary N) is 2. The smallest absolute Gasteiger partial charge is 0.191 e. The summed E-state index contributed by atoms with van der Waals surface area (Å²) in [5.74, 6) is 1.54. The van der Waals surface area contributed by atoms with E-state index in [0.29, 0.717) is 12.0 Å². The van der Waals surface area contributed by atoms with E-state index in [0.717, 1.165) is 12.5 Å². The van der Waals surface area contributed by atoms with E-state index < -0.39 is 0 Å². The van der Waals surface area contributed by atoms with Crippen LogP contribution in [-0.2, 0) is 0 Å². The van der Waals surface area contributed by atoms with Crippen LogP contribution in [0, 0.1) is 0 Å². The predicted octanol–water partition coefficient (Wildman–Crippen LogP) is 3.92. The van der Waals surface area contributed by atoms with Gasteiger partial charge in [0.25, 0.3) is 0 Å². The van der Waals surface area contributed by atoms with Gasteiger partial charge in [0, 0.05) is 23.4 Å². The summed E-state index contributed by atoms with van der Waals surface area (Å²) in [6, 6.07) is 15.8. The summed E-state index contributed by atoms with van der Waals surface area (Å²) in [6.45, 7) is 5.04. The Balaban J connectivity index is 1.58. The second kappa shape index (κ2) is 6.97. The molecule has 1 aromatic heterocycles. The quantitative estimate of drug-likeness (QED) is 0.648. The van der Waals surface area contributed by atoms with E-state index in [1.54, 1.807) is 11.3 Å². The molecule has 3 atom stereocenters. The molecule has 0 amide bonds. The molecule has 0 saturated heterocycles. The van der Waals surface area contributed by atoms with Crippen LogP contribution in [0.2, 0.25) is 0 Å². The first-order chi connectivity index (χ1) is 10.8. The molecule has 1 aliphatic rings. The standard InChI is InChI=1S/C18H23N3S/c1-3-19-18(20-13(2)17-10-7-11-22-17)21-16-12-15(16)14-8-5-4-6-9-14/h4-11,13,15-16H,3,12H2,1-2H3,(H2,19,20,21). The second-order valence-electron chi connectivity index (χ2n) is 5.71. The highest BCUT2D eigenvalue weighted by Crippen LogP contribution is 2.40. The van der Waals surface area contributed by atoms with Crippen LogP contribution in [0.4, 0.5) is 0 Å². The van der Waals surface area contributed by atoms with Crippen molar-refractivity contribution in [1.82, 2.24) is 10.6 Å². The van der Waals surface area contributed by atoms with Gasteiger partial charge in [-0.05, 0) is 37.3 Å². The van der Waals surface area contributed by atoms with Crippen LogP contribution in [-0.4, -0.2) is 18.5 Å². The minimum absolute atomic E-state index is 0.284. The molecular weight excluding hydrogens is 290 g/mol. The monoisotopic (exact) mass is 313 g/mol. The van der Waals surface area contributed by atoms with E-state index in [9.17, 15) is 0 Å². The number of nitrogens with zero attached hydrogens (tertiary/aromatic N) is 1. The zero-order valence-corrected chi connectivity index (χ0v) is 13.9. The minimum atomic E-state index is 0.284. The van der Waals surface area contributed by atoms with Crippen molar-refractivity contribution in [3.63, 3.8) is 0 Å².